The third-order valence-corrected chi connectivity index (χ3v) is 16.1. The topological polar surface area (TPSA) is 151 Å². The van der Waals surface area contributed by atoms with Gasteiger partial charge in [-0.25, -0.2) is 19.6 Å². The van der Waals surface area contributed by atoms with Crippen molar-refractivity contribution in [1.82, 2.24) is 9.97 Å². The third kappa shape index (κ3) is 9.07. The summed E-state index contributed by atoms with van der Waals surface area (Å²) < 4.78 is 0. The lowest BCUT2D eigenvalue weighted by atomic mass is 9.95. The minimum atomic E-state index is -1.01. The van der Waals surface area contributed by atoms with Crippen LogP contribution in [0.1, 0.15) is 108 Å². The quantitative estimate of drug-likeness (QED) is 0.0801. The van der Waals surface area contributed by atoms with Crippen molar-refractivity contribution in [3.63, 3.8) is 0 Å². The van der Waals surface area contributed by atoms with Crippen LogP contribution < -0.4 is 4.90 Å². The van der Waals surface area contributed by atoms with Crippen molar-refractivity contribution in [3.05, 3.63) is 161 Å². The SMILES string of the molecule is CCCCCCc1cc(-c2ccc(N(c3ccc(C(=O)O)cc3)c3ccc(C(=O)O)cc3)cc2)sc1-c1cc(CCCCCC)c(-c2ccc3c4c(cccc24)-c2nc4cc(C#N)c(C#N)cc4nc2-3)s1. The number of aromatic carboxylic acids is 2. The number of thiophene rings is 2. The second-order valence-corrected chi connectivity index (χ2v) is 20.2. The third-order valence-electron chi connectivity index (χ3n) is 13.4. The van der Waals surface area contributed by atoms with Crippen molar-refractivity contribution in [2.24, 2.45) is 0 Å². The fourth-order valence-corrected chi connectivity index (χ4v) is 12.4. The van der Waals surface area contributed by atoms with Gasteiger partial charge < -0.3 is 15.1 Å². The van der Waals surface area contributed by atoms with E-state index in [0.29, 0.717) is 22.2 Å². The molecule has 11 heteroatoms. The van der Waals surface area contributed by atoms with Crippen molar-refractivity contribution in [2.45, 2.75) is 78.1 Å². The first-order valence-electron chi connectivity index (χ1n) is 24.2. The second kappa shape index (κ2) is 20.2. The summed E-state index contributed by atoms with van der Waals surface area (Å²) >= 11 is 3.72. The van der Waals surface area contributed by atoms with Crippen molar-refractivity contribution < 1.29 is 19.8 Å². The Labute approximate surface area is 420 Å². The molecule has 2 N–H and O–H groups in total. The highest BCUT2D eigenvalue weighted by Crippen LogP contribution is 2.52. The van der Waals surface area contributed by atoms with Crippen LogP contribution >= 0.6 is 22.7 Å². The molecule has 0 bridgehead atoms. The number of nitriles is 2. The number of carbonyl (C=O) groups is 2. The van der Waals surface area contributed by atoms with Gasteiger partial charge in [0, 0.05) is 53.1 Å². The maximum absolute atomic E-state index is 11.7. The fourth-order valence-electron chi connectivity index (χ4n) is 9.79. The summed E-state index contributed by atoms with van der Waals surface area (Å²) in [6.45, 7) is 4.49. The molecule has 1 aliphatic carbocycles. The molecule has 9 aromatic rings. The standard InChI is InChI=1S/C60H49N5O4S2/c1-3-5-7-9-12-39-33-53(71-57(39)47-28-29-49-54-46(47)14-11-15-48(54)55-56(49)64-51-31-42(35-62)41(34-61)30-50(51)63-55)58-40(13-10-8-6-4-2)32-52(70-58)36-16-22-43(23-17-36)65(44-24-18-37(19-25-44)59(66)67)45-26-20-38(21-27-45)60(68)69/h11,14-33H,3-10,12-13H2,1-2H3,(H,66,67)(H,68,69). The van der Waals surface area contributed by atoms with Crippen LogP contribution in [0.4, 0.5) is 17.1 Å². The Hall–Kier alpha value is -7.96. The summed E-state index contributed by atoms with van der Waals surface area (Å²) in [5, 5.41) is 41.0. The van der Waals surface area contributed by atoms with E-state index >= 15 is 0 Å². The summed E-state index contributed by atoms with van der Waals surface area (Å²) in [6, 6.07) is 45.1. The van der Waals surface area contributed by atoms with E-state index in [1.807, 2.05) is 27.6 Å². The zero-order valence-electron chi connectivity index (χ0n) is 39.5. The minimum absolute atomic E-state index is 0.181. The minimum Gasteiger partial charge on any atom is -0.478 e. The fraction of sp³-hybridized carbons (Fsp3) is 0.200. The molecule has 0 atom stereocenters. The van der Waals surface area contributed by atoms with Crippen LogP contribution in [0.5, 0.6) is 0 Å². The molecule has 6 aromatic carbocycles. The van der Waals surface area contributed by atoms with Crippen LogP contribution in [-0.4, -0.2) is 32.1 Å². The zero-order chi connectivity index (χ0) is 49.2. The van der Waals surface area contributed by atoms with E-state index in [1.54, 1.807) is 60.7 Å². The lowest BCUT2D eigenvalue weighted by Gasteiger charge is -2.26. The van der Waals surface area contributed by atoms with Crippen molar-refractivity contribution in [2.75, 3.05) is 4.90 Å². The van der Waals surface area contributed by atoms with Crippen LogP contribution in [0.15, 0.2) is 127 Å². The molecule has 350 valence electrons. The van der Waals surface area contributed by atoms with Gasteiger partial charge in [0.05, 0.1) is 44.7 Å². The average Bonchev–Trinajstić information content (AvgIpc) is 4.11. The Bertz CT molecular complexity index is 3480. The molecule has 0 unspecified atom stereocenters. The Morgan fingerprint density at radius 3 is 1.55 bits per heavy atom. The average molecular weight is 968 g/mol. The van der Waals surface area contributed by atoms with E-state index in [1.165, 1.54) is 74.7 Å². The molecule has 71 heavy (non-hydrogen) atoms. The van der Waals surface area contributed by atoms with Gasteiger partial charge in [-0.3, -0.25) is 0 Å². The molecule has 0 fully saturated rings. The smallest absolute Gasteiger partial charge is 0.335 e. The van der Waals surface area contributed by atoms with Gasteiger partial charge in [-0.05, 0) is 138 Å². The van der Waals surface area contributed by atoms with Crippen LogP contribution in [0, 0.1) is 22.7 Å². The van der Waals surface area contributed by atoms with Gasteiger partial charge in [0.2, 0.25) is 0 Å². The number of carboxylic acid groups (broad SMARTS) is 2. The Morgan fingerprint density at radius 2 is 1.03 bits per heavy atom. The number of carboxylic acids is 2. The molecular weight excluding hydrogens is 919 g/mol. The van der Waals surface area contributed by atoms with Crippen LogP contribution in [0.3, 0.4) is 0 Å². The molecule has 3 heterocycles. The number of anilines is 3. The molecule has 0 saturated carbocycles. The van der Waals surface area contributed by atoms with Crippen LogP contribution in [-0.2, 0) is 12.8 Å². The highest BCUT2D eigenvalue weighted by molar-refractivity contribution is 7.25. The van der Waals surface area contributed by atoms with Crippen molar-refractivity contribution in [3.8, 4) is 65.3 Å². The lowest BCUT2D eigenvalue weighted by Crippen LogP contribution is -2.10. The molecule has 9 nitrogen and oxygen atoms in total. The van der Waals surface area contributed by atoms with Crippen LogP contribution in [0.2, 0.25) is 0 Å². The molecule has 0 amide bonds. The van der Waals surface area contributed by atoms with E-state index in [9.17, 15) is 30.3 Å². The molecule has 0 spiro atoms. The molecular formula is C60H49N5O4S2. The van der Waals surface area contributed by atoms with Gasteiger partial charge in [-0.1, -0.05) is 94.8 Å². The Kier molecular flexibility index (Phi) is 13.3. The van der Waals surface area contributed by atoms with E-state index in [0.717, 1.165) is 81.6 Å². The number of aromatic nitrogens is 2. The van der Waals surface area contributed by atoms with E-state index in [-0.39, 0.29) is 11.1 Å². The van der Waals surface area contributed by atoms with Crippen molar-refractivity contribution >= 4 is 73.5 Å². The number of fused-ring (bicyclic) bond motifs is 4. The predicted molar refractivity (Wildman–Crippen MR) is 287 cm³/mol. The van der Waals surface area contributed by atoms with Gasteiger partial charge in [-0.15, -0.1) is 22.7 Å². The van der Waals surface area contributed by atoms with Gasteiger partial charge in [0.15, 0.2) is 0 Å². The normalized spacial score (nSPS) is 11.4. The molecule has 0 radical (unpaired) electrons. The summed E-state index contributed by atoms with van der Waals surface area (Å²) in [7, 11) is 0. The number of hydrogen-bond donors (Lipinski definition) is 2. The summed E-state index contributed by atoms with van der Waals surface area (Å²) in [5.74, 6) is -2.01. The van der Waals surface area contributed by atoms with Gasteiger partial charge in [-0.2, -0.15) is 10.5 Å². The number of unbranched alkanes of at least 4 members (excludes halogenated alkanes) is 6. The first-order chi connectivity index (χ1) is 34.7. The van der Waals surface area contributed by atoms with E-state index in [2.05, 4.69) is 92.7 Å². The lowest BCUT2D eigenvalue weighted by molar-refractivity contribution is 0.0686. The van der Waals surface area contributed by atoms with Crippen LogP contribution in [0.25, 0.3) is 75.0 Å². The summed E-state index contributed by atoms with van der Waals surface area (Å²) in [5.41, 5.74) is 13.1. The summed E-state index contributed by atoms with van der Waals surface area (Å²) in [4.78, 5) is 40.6. The van der Waals surface area contributed by atoms with Gasteiger partial charge in [0.1, 0.15) is 12.1 Å². The number of benzene rings is 6. The summed E-state index contributed by atoms with van der Waals surface area (Å²) in [6.07, 6.45) is 11.3. The molecule has 10 rings (SSSR count). The molecule has 3 aromatic heterocycles. The largest absolute Gasteiger partial charge is 0.478 e. The predicted octanol–water partition coefficient (Wildman–Crippen LogP) is 16.4. The Morgan fingerprint density at radius 1 is 0.549 bits per heavy atom. The van der Waals surface area contributed by atoms with E-state index in [4.69, 9.17) is 9.97 Å². The maximum atomic E-state index is 11.7. The first kappa shape index (κ1) is 46.8. The Balaban J connectivity index is 1.05. The van der Waals surface area contributed by atoms with Crippen molar-refractivity contribution in [1.29, 1.82) is 10.5 Å². The maximum Gasteiger partial charge on any atom is 0.335 e. The highest BCUT2D eigenvalue weighted by Gasteiger charge is 2.28. The first-order valence-corrected chi connectivity index (χ1v) is 25.9. The molecule has 0 saturated heterocycles. The number of rotatable bonds is 18. The highest BCUT2D eigenvalue weighted by atomic mass is 32.1. The number of nitrogens with zero attached hydrogens (tertiary/aromatic N) is 5. The zero-order valence-corrected chi connectivity index (χ0v) is 41.1. The molecule has 0 aliphatic heterocycles. The monoisotopic (exact) mass is 967 g/mol. The number of aryl methyl sites for hydroxylation is 2. The van der Waals surface area contributed by atoms with Gasteiger partial charge >= 0.3 is 11.9 Å². The number of hydrogen-bond acceptors (Lipinski definition) is 9. The van der Waals surface area contributed by atoms with E-state index < -0.39 is 11.9 Å². The second-order valence-electron chi connectivity index (χ2n) is 18.1. The molecule has 1 aliphatic rings. The van der Waals surface area contributed by atoms with Gasteiger partial charge in [0.25, 0.3) is 0 Å².